The van der Waals surface area contributed by atoms with E-state index < -0.39 is 0 Å². The van der Waals surface area contributed by atoms with Gasteiger partial charge >= 0.3 is 0 Å². The van der Waals surface area contributed by atoms with E-state index in [1.165, 1.54) is 18.4 Å². The number of benzene rings is 1. The molecule has 1 saturated carbocycles. The second-order valence-corrected chi connectivity index (χ2v) is 7.28. The number of rotatable bonds is 6. The van der Waals surface area contributed by atoms with Gasteiger partial charge in [0.05, 0.1) is 6.10 Å². The lowest BCUT2D eigenvalue weighted by atomic mass is 9.88. The minimum absolute atomic E-state index is 0.0382. The lowest BCUT2D eigenvalue weighted by molar-refractivity contribution is -0.0327. The first-order valence-corrected chi connectivity index (χ1v) is 9.24. The number of nitrogens with zero attached hydrogens (tertiary/aromatic N) is 2. The summed E-state index contributed by atoms with van der Waals surface area (Å²) in [6.45, 7) is 2.37. The minimum Gasteiger partial charge on any atom is -0.377 e. The lowest BCUT2D eigenvalue weighted by Crippen LogP contribution is -2.47. The first-order valence-electron chi connectivity index (χ1n) is 9.24. The molecule has 2 aromatic rings. The summed E-state index contributed by atoms with van der Waals surface area (Å²) in [5, 5.41) is 6.68. The molecular weight excluding hydrogens is 314 g/mol. The second kappa shape index (κ2) is 7.40. The van der Waals surface area contributed by atoms with E-state index in [9.17, 15) is 4.79 Å². The van der Waals surface area contributed by atoms with Crippen molar-refractivity contribution in [2.45, 2.75) is 31.8 Å². The maximum Gasteiger partial charge on any atom is 0.271 e. The standard InChI is InChI=1S/C20H25N3O2/c24-20(18-8-10-21-22-18)23-11-9-19(25-14-16-6-7-16)17(13-23)12-15-4-2-1-3-5-15/h1-5,8,10,16-17,19H,6-7,9,11-14H2,(H,21,22)/t17-,19-/m1/s1. The molecule has 0 unspecified atom stereocenters. The third-order valence-corrected chi connectivity index (χ3v) is 5.27. The third-order valence-electron chi connectivity index (χ3n) is 5.27. The van der Waals surface area contributed by atoms with Gasteiger partial charge in [0.1, 0.15) is 5.69 Å². The highest BCUT2D eigenvalue weighted by molar-refractivity contribution is 5.92. The number of carbonyl (C=O) groups is 1. The SMILES string of the molecule is O=C(c1ccn[nH]1)N1CC[C@@H](OCC2CC2)[C@H](Cc2ccccc2)C1. The zero-order valence-electron chi connectivity index (χ0n) is 14.4. The monoisotopic (exact) mass is 339 g/mol. The molecule has 1 aromatic carbocycles. The van der Waals surface area contributed by atoms with Gasteiger partial charge in [-0.2, -0.15) is 5.10 Å². The number of aromatic amines is 1. The van der Waals surface area contributed by atoms with Crippen molar-refractivity contribution in [1.29, 1.82) is 0 Å². The summed E-state index contributed by atoms with van der Waals surface area (Å²) in [5.41, 5.74) is 1.87. The molecule has 2 atom stereocenters. The molecule has 1 aliphatic heterocycles. The largest absolute Gasteiger partial charge is 0.377 e. The average molecular weight is 339 g/mol. The Labute approximate surface area is 148 Å². The van der Waals surface area contributed by atoms with Crippen LogP contribution in [-0.4, -0.2) is 46.8 Å². The number of likely N-dealkylation sites (tertiary alicyclic amines) is 1. The highest BCUT2D eigenvalue weighted by Gasteiger charge is 2.34. The van der Waals surface area contributed by atoms with Crippen LogP contribution in [0.2, 0.25) is 0 Å². The predicted molar refractivity (Wildman–Crippen MR) is 95.2 cm³/mol. The van der Waals surface area contributed by atoms with Crippen LogP contribution in [0.15, 0.2) is 42.6 Å². The van der Waals surface area contributed by atoms with Crippen LogP contribution in [0.1, 0.15) is 35.3 Å². The van der Waals surface area contributed by atoms with Crippen molar-refractivity contribution < 1.29 is 9.53 Å². The van der Waals surface area contributed by atoms with E-state index in [0.717, 1.165) is 38.5 Å². The van der Waals surface area contributed by atoms with Gasteiger partial charge in [0.2, 0.25) is 0 Å². The fourth-order valence-electron chi connectivity index (χ4n) is 3.62. The van der Waals surface area contributed by atoms with Crippen molar-refractivity contribution >= 4 is 5.91 Å². The van der Waals surface area contributed by atoms with Gasteiger partial charge in [-0.3, -0.25) is 9.89 Å². The second-order valence-electron chi connectivity index (χ2n) is 7.28. The molecule has 1 aromatic heterocycles. The number of ether oxygens (including phenoxy) is 1. The highest BCUT2D eigenvalue weighted by atomic mass is 16.5. The molecule has 2 heterocycles. The summed E-state index contributed by atoms with van der Waals surface area (Å²) in [4.78, 5) is 14.6. The molecule has 1 N–H and O–H groups in total. The average Bonchev–Trinajstić information content (AvgIpc) is 3.31. The Balaban J connectivity index is 1.45. The molecule has 2 fully saturated rings. The van der Waals surface area contributed by atoms with Gasteiger partial charge in [0.15, 0.2) is 0 Å². The number of hydrogen-bond acceptors (Lipinski definition) is 3. The van der Waals surface area contributed by atoms with E-state index in [1.54, 1.807) is 12.3 Å². The molecule has 1 saturated heterocycles. The Morgan fingerprint density at radius 1 is 1.20 bits per heavy atom. The number of H-pyrrole nitrogens is 1. The van der Waals surface area contributed by atoms with Crippen LogP contribution in [0.5, 0.6) is 0 Å². The van der Waals surface area contributed by atoms with E-state index in [1.807, 2.05) is 11.0 Å². The van der Waals surface area contributed by atoms with Crippen LogP contribution >= 0.6 is 0 Å². The molecule has 0 spiro atoms. The summed E-state index contributed by atoms with van der Waals surface area (Å²) in [6.07, 6.45) is 6.33. The summed E-state index contributed by atoms with van der Waals surface area (Å²) >= 11 is 0. The zero-order valence-corrected chi connectivity index (χ0v) is 14.4. The number of aromatic nitrogens is 2. The summed E-state index contributed by atoms with van der Waals surface area (Å²) in [5.74, 6) is 1.14. The molecule has 0 bridgehead atoms. The van der Waals surface area contributed by atoms with Crippen LogP contribution in [-0.2, 0) is 11.2 Å². The van der Waals surface area contributed by atoms with Gasteiger partial charge in [-0.1, -0.05) is 30.3 Å². The Kier molecular flexibility index (Phi) is 4.83. The molecule has 5 nitrogen and oxygen atoms in total. The third kappa shape index (κ3) is 4.10. The fraction of sp³-hybridized carbons (Fsp3) is 0.500. The minimum atomic E-state index is 0.0382. The van der Waals surface area contributed by atoms with Gasteiger partial charge in [-0.15, -0.1) is 0 Å². The molecule has 5 heteroatoms. The van der Waals surface area contributed by atoms with Gasteiger partial charge in [-0.05, 0) is 43.2 Å². The summed E-state index contributed by atoms with van der Waals surface area (Å²) in [6, 6.07) is 12.3. The van der Waals surface area contributed by atoms with Crippen molar-refractivity contribution in [3.63, 3.8) is 0 Å². The fourth-order valence-corrected chi connectivity index (χ4v) is 3.62. The molecule has 0 radical (unpaired) electrons. The molecule has 2 aliphatic rings. The molecule has 132 valence electrons. The van der Waals surface area contributed by atoms with Crippen LogP contribution in [0.3, 0.4) is 0 Å². The zero-order chi connectivity index (χ0) is 17.1. The van der Waals surface area contributed by atoms with Crippen molar-refractivity contribution in [3.8, 4) is 0 Å². The van der Waals surface area contributed by atoms with Crippen LogP contribution in [0.25, 0.3) is 0 Å². The van der Waals surface area contributed by atoms with E-state index in [4.69, 9.17) is 4.74 Å². The molecule has 1 aliphatic carbocycles. The van der Waals surface area contributed by atoms with Gasteiger partial charge in [0.25, 0.3) is 5.91 Å². The Morgan fingerprint density at radius 2 is 2.04 bits per heavy atom. The van der Waals surface area contributed by atoms with Crippen molar-refractivity contribution in [2.24, 2.45) is 11.8 Å². The van der Waals surface area contributed by atoms with Gasteiger partial charge < -0.3 is 9.64 Å². The Hall–Kier alpha value is -2.14. The number of amides is 1. The van der Waals surface area contributed by atoms with Crippen molar-refractivity contribution in [3.05, 3.63) is 53.9 Å². The summed E-state index contributed by atoms with van der Waals surface area (Å²) in [7, 11) is 0. The predicted octanol–water partition coefficient (Wildman–Crippen LogP) is 2.91. The molecular formula is C20H25N3O2. The maximum atomic E-state index is 12.7. The summed E-state index contributed by atoms with van der Waals surface area (Å²) < 4.78 is 6.25. The maximum absolute atomic E-state index is 12.7. The van der Waals surface area contributed by atoms with Crippen LogP contribution in [0.4, 0.5) is 0 Å². The lowest BCUT2D eigenvalue weighted by Gasteiger charge is -2.38. The van der Waals surface area contributed by atoms with E-state index >= 15 is 0 Å². The van der Waals surface area contributed by atoms with Gasteiger partial charge in [-0.25, -0.2) is 0 Å². The van der Waals surface area contributed by atoms with Crippen LogP contribution < -0.4 is 0 Å². The Bertz CT molecular complexity index is 682. The quantitative estimate of drug-likeness (QED) is 0.880. The smallest absolute Gasteiger partial charge is 0.271 e. The number of hydrogen-bond donors (Lipinski definition) is 1. The van der Waals surface area contributed by atoms with E-state index in [-0.39, 0.29) is 12.0 Å². The number of piperidine rings is 1. The first kappa shape index (κ1) is 16.3. The van der Waals surface area contributed by atoms with Crippen molar-refractivity contribution in [1.82, 2.24) is 15.1 Å². The highest BCUT2D eigenvalue weighted by Crippen LogP contribution is 2.32. The van der Waals surface area contributed by atoms with E-state index in [2.05, 4.69) is 34.5 Å². The van der Waals surface area contributed by atoms with Gasteiger partial charge in [0, 0.05) is 31.8 Å². The van der Waals surface area contributed by atoms with E-state index in [0.29, 0.717) is 11.6 Å². The molecule has 4 rings (SSSR count). The normalized spacial score (nSPS) is 23.6. The first-order chi connectivity index (χ1) is 12.3. The number of nitrogens with one attached hydrogen (secondary N) is 1. The number of carbonyl (C=O) groups excluding carboxylic acids is 1. The van der Waals surface area contributed by atoms with Crippen molar-refractivity contribution in [2.75, 3.05) is 19.7 Å². The molecule has 1 amide bonds. The Morgan fingerprint density at radius 3 is 2.76 bits per heavy atom. The topological polar surface area (TPSA) is 58.2 Å². The molecule has 25 heavy (non-hydrogen) atoms. The van der Waals surface area contributed by atoms with Crippen LogP contribution in [0, 0.1) is 11.8 Å².